The van der Waals surface area contributed by atoms with Gasteiger partial charge >= 0.3 is 0 Å². The predicted octanol–water partition coefficient (Wildman–Crippen LogP) is 5.92. The molecule has 0 bridgehead atoms. The molecule has 0 spiro atoms. The Balaban J connectivity index is 0.000000220. The van der Waals surface area contributed by atoms with E-state index in [2.05, 4.69) is 9.98 Å². The highest BCUT2D eigenvalue weighted by Gasteiger charge is 2.01. The van der Waals surface area contributed by atoms with Crippen LogP contribution in [0.25, 0.3) is 0 Å². The molecular formula is C14H6Cl4N2O2. The minimum atomic E-state index is 0.275. The highest BCUT2D eigenvalue weighted by atomic mass is 35.5. The lowest BCUT2D eigenvalue weighted by molar-refractivity contribution is 0.564. The Morgan fingerprint density at radius 1 is 0.773 bits per heavy atom. The number of aliphatic imine (C=N–C) groups is 2. The summed E-state index contributed by atoms with van der Waals surface area (Å²) in [5, 5.41) is 1.52. The van der Waals surface area contributed by atoms with Crippen molar-refractivity contribution in [1.82, 2.24) is 0 Å². The maximum atomic E-state index is 9.84. The molecule has 0 saturated heterocycles. The lowest BCUT2D eigenvalue weighted by Gasteiger charge is -1.95. The summed E-state index contributed by atoms with van der Waals surface area (Å²) < 4.78 is 0. The largest absolute Gasteiger partial charge is 0.240 e. The van der Waals surface area contributed by atoms with Gasteiger partial charge < -0.3 is 0 Å². The SMILES string of the molecule is O=C=Nc1ccc(Cl)cc1Cl.O=C=Nc1cccc(Cl)c1Cl. The molecule has 0 heterocycles. The topological polar surface area (TPSA) is 58.9 Å². The summed E-state index contributed by atoms with van der Waals surface area (Å²) in [6.07, 6.45) is 2.78. The quantitative estimate of drug-likeness (QED) is 0.483. The van der Waals surface area contributed by atoms with Crippen molar-refractivity contribution in [3.05, 3.63) is 56.5 Å². The van der Waals surface area contributed by atoms with Crippen molar-refractivity contribution in [3.63, 3.8) is 0 Å². The fraction of sp³-hybridized carbons (Fsp3) is 0. The van der Waals surface area contributed by atoms with Crippen molar-refractivity contribution >= 4 is 69.9 Å². The van der Waals surface area contributed by atoms with Gasteiger partial charge in [-0.2, -0.15) is 9.98 Å². The number of benzene rings is 2. The summed E-state index contributed by atoms with van der Waals surface area (Å²) in [5.74, 6) is 0. The number of carbonyl (C=O) groups excluding carboxylic acids is 2. The first kappa shape index (κ1) is 18.4. The Kier molecular flexibility index (Phi) is 7.86. The molecule has 0 amide bonds. The maximum Gasteiger partial charge on any atom is 0.240 e. The van der Waals surface area contributed by atoms with Crippen LogP contribution >= 0.6 is 46.4 Å². The second-order valence-electron chi connectivity index (χ2n) is 3.57. The standard InChI is InChI=1S/2C7H3Cl2NO/c8-5-1-2-7(10-4-11)6(9)3-5;8-5-2-1-3-6(7(5)9)10-4-11/h2*1-3H. The average molecular weight is 376 g/mol. The first-order valence-electron chi connectivity index (χ1n) is 5.54. The number of hydrogen-bond donors (Lipinski definition) is 0. The molecule has 0 atom stereocenters. The molecule has 0 aliphatic carbocycles. The average Bonchev–Trinajstić information content (AvgIpc) is 2.48. The molecule has 22 heavy (non-hydrogen) atoms. The Bertz CT molecular complexity index is 767. The molecule has 2 rings (SSSR count). The molecule has 0 aliphatic rings. The maximum absolute atomic E-state index is 9.84. The van der Waals surface area contributed by atoms with Crippen LogP contribution in [0.3, 0.4) is 0 Å². The number of rotatable bonds is 2. The summed E-state index contributed by atoms with van der Waals surface area (Å²) >= 11 is 22.5. The summed E-state index contributed by atoms with van der Waals surface area (Å²) in [4.78, 5) is 26.4. The van der Waals surface area contributed by atoms with E-state index in [1.165, 1.54) is 18.2 Å². The van der Waals surface area contributed by atoms with E-state index in [1.54, 1.807) is 30.3 Å². The highest BCUT2D eigenvalue weighted by Crippen LogP contribution is 2.31. The molecule has 0 aliphatic heterocycles. The Hall–Kier alpha value is -1.64. The smallest absolute Gasteiger partial charge is 0.211 e. The van der Waals surface area contributed by atoms with Crippen LogP contribution in [0, 0.1) is 0 Å². The Labute approximate surface area is 146 Å². The number of isocyanates is 2. The van der Waals surface area contributed by atoms with Crippen LogP contribution in [-0.4, -0.2) is 12.2 Å². The van der Waals surface area contributed by atoms with E-state index < -0.39 is 0 Å². The van der Waals surface area contributed by atoms with Crippen molar-refractivity contribution in [3.8, 4) is 0 Å². The van der Waals surface area contributed by atoms with Gasteiger partial charge in [0.25, 0.3) is 0 Å². The van der Waals surface area contributed by atoms with Gasteiger partial charge in [-0.25, -0.2) is 9.59 Å². The molecular weight excluding hydrogens is 370 g/mol. The van der Waals surface area contributed by atoms with Crippen LogP contribution in [0.5, 0.6) is 0 Å². The summed E-state index contributed by atoms with van der Waals surface area (Å²) in [6, 6.07) is 9.52. The van der Waals surface area contributed by atoms with Gasteiger partial charge in [-0.3, -0.25) is 0 Å². The van der Waals surface area contributed by atoms with E-state index in [0.29, 0.717) is 26.4 Å². The summed E-state index contributed by atoms with van der Waals surface area (Å²) in [7, 11) is 0. The minimum absolute atomic E-state index is 0.275. The molecule has 4 nitrogen and oxygen atoms in total. The van der Waals surface area contributed by atoms with Crippen LogP contribution in [-0.2, 0) is 9.59 Å². The van der Waals surface area contributed by atoms with Gasteiger partial charge in [0.2, 0.25) is 12.2 Å². The Morgan fingerprint density at radius 3 is 2.00 bits per heavy atom. The predicted molar refractivity (Wildman–Crippen MR) is 88.5 cm³/mol. The number of halogens is 4. The van der Waals surface area contributed by atoms with Crippen molar-refractivity contribution in [1.29, 1.82) is 0 Å². The molecule has 0 fully saturated rings. The second kappa shape index (κ2) is 9.39. The fourth-order valence-corrected chi connectivity index (χ4v) is 2.04. The molecule has 0 aromatic heterocycles. The first-order valence-corrected chi connectivity index (χ1v) is 7.05. The van der Waals surface area contributed by atoms with Gasteiger partial charge in [-0.05, 0) is 30.3 Å². The molecule has 112 valence electrons. The lowest BCUT2D eigenvalue weighted by atomic mass is 10.3. The van der Waals surface area contributed by atoms with Gasteiger partial charge in [0.05, 0.1) is 26.4 Å². The molecule has 8 heteroatoms. The van der Waals surface area contributed by atoms with Crippen LogP contribution in [0.15, 0.2) is 46.4 Å². The van der Waals surface area contributed by atoms with Gasteiger partial charge in [0.15, 0.2) is 0 Å². The molecule has 2 aromatic rings. The zero-order chi connectivity index (χ0) is 16.5. The third kappa shape index (κ3) is 5.63. The lowest BCUT2D eigenvalue weighted by Crippen LogP contribution is -1.69. The third-order valence-electron chi connectivity index (χ3n) is 2.17. The normalized spacial score (nSPS) is 8.91. The van der Waals surface area contributed by atoms with E-state index in [-0.39, 0.29) is 5.02 Å². The summed E-state index contributed by atoms with van der Waals surface area (Å²) in [6.45, 7) is 0. The zero-order valence-corrected chi connectivity index (χ0v) is 13.7. The van der Waals surface area contributed by atoms with E-state index in [0.717, 1.165) is 0 Å². The molecule has 0 radical (unpaired) electrons. The summed E-state index contributed by atoms with van der Waals surface area (Å²) in [5.41, 5.74) is 0.722. The van der Waals surface area contributed by atoms with E-state index in [1.807, 2.05) is 0 Å². The van der Waals surface area contributed by atoms with Crippen molar-refractivity contribution in [2.45, 2.75) is 0 Å². The first-order chi connectivity index (χ1) is 10.5. The highest BCUT2D eigenvalue weighted by molar-refractivity contribution is 6.43. The molecule has 0 saturated carbocycles. The van der Waals surface area contributed by atoms with Crippen molar-refractivity contribution in [2.75, 3.05) is 0 Å². The van der Waals surface area contributed by atoms with Crippen LogP contribution in [0.4, 0.5) is 11.4 Å². The monoisotopic (exact) mass is 374 g/mol. The van der Waals surface area contributed by atoms with Crippen molar-refractivity contribution < 1.29 is 9.59 Å². The van der Waals surface area contributed by atoms with Crippen molar-refractivity contribution in [2.24, 2.45) is 9.98 Å². The van der Waals surface area contributed by atoms with Gasteiger partial charge in [0, 0.05) is 5.02 Å². The molecule has 2 aromatic carbocycles. The van der Waals surface area contributed by atoms with E-state index >= 15 is 0 Å². The number of hydrogen-bond acceptors (Lipinski definition) is 4. The second-order valence-corrected chi connectivity index (χ2v) is 5.20. The zero-order valence-electron chi connectivity index (χ0n) is 10.7. The van der Waals surface area contributed by atoms with E-state index in [4.69, 9.17) is 46.4 Å². The van der Waals surface area contributed by atoms with Crippen LogP contribution < -0.4 is 0 Å². The van der Waals surface area contributed by atoms with Crippen LogP contribution in [0.1, 0.15) is 0 Å². The van der Waals surface area contributed by atoms with Crippen LogP contribution in [0.2, 0.25) is 20.1 Å². The third-order valence-corrected chi connectivity index (χ3v) is 3.52. The molecule has 0 N–H and O–H groups in total. The fourth-order valence-electron chi connectivity index (χ4n) is 1.25. The van der Waals surface area contributed by atoms with Gasteiger partial charge in [-0.1, -0.05) is 52.5 Å². The number of nitrogens with zero attached hydrogens (tertiary/aromatic N) is 2. The minimum Gasteiger partial charge on any atom is -0.211 e. The van der Waals surface area contributed by atoms with Gasteiger partial charge in [-0.15, -0.1) is 0 Å². The van der Waals surface area contributed by atoms with Gasteiger partial charge in [0.1, 0.15) is 0 Å². The van der Waals surface area contributed by atoms with E-state index in [9.17, 15) is 9.59 Å². The molecule has 0 unspecified atom stereocenters. The Morgan fingerprint density at radius 2 is 1.41 bits per heavy atom.